The topological polar surface area (TPSA) is 65.8 Å². The molecule has 0 radical (unpaired) electrons. The molecule has 0 saturated carbocycles. The normalized spacial score (nSPS) is 14.6. The number of carbonyl (C=O) groups is 1. The van der Waals surface area contributed by atoms with E-state index in [1.807, 2.05) is 54.5 Å². The molecule has 8 heteroatoms. The molecule has 0 N–H and O–H groups in total. The fourth-order valence-electron chi connectivity index (χ4n) is 3.77. The lowest BCUT2D eigenvalue weighted by Gasteiger charge is -2.32. The van der Waals surface area contributed by atoms with Gasteiger partial charge in [-0.3, -0.25) is 4.79 Å². The van der Waals surface area contributed by atoms with E-state index >= 15 is 0 Å². The van der Waals surface area contributed by atoms with Crippen LogP contribution in [0.1, 0.15) is 31.5 Å². The summed E-state index contributed by atoms with van der Waals surface area (Å²) in [7, 11) is 0. The van der Waals surface area contributed by atoms with Crippen LogP contribution in [0, 0.1) is 0 Å². The van der Waals surface area contributed by atoms with Crippen molar-refractivity contribution in [1.82, 2.24) is 14.5 Å². The monoisotopic (exact) mass is 461 g/mol. The van der Waals surface area contributed by atoms with Gasteiger partial charge in [0.25, 0.3) is 0 Å². The number of nitrogens with zero attached hydrogens (tertiary/aromatic N) is 3. The van der Waals surface area contributed by atoms with Gasteiger partial charge in [-0.1, -0.05) is 18.2 Å². The molecule has 2 heterocycles. The zero-order valence-corrected chi connectivity index (χ0v) is 19.8. The summed E-state index contributed by atoms with van der Waals surface area (Å²) in [5.41, 5.74) is 0. The molecule has 0 spiro atoms. The van der Waals surface area contributed by atoms with Crippen LogP contribution in [-0.4, -0.2) is 78.0 Å². The van der Waals surface area contributed by atoms with E-state index in [0.29, 0.717) is 38.1 Å². The maximum atomic E-state index is 12.6. The Kier molecular flexibility index (Phi) is 10.9. The van der Waals surface area contributed by atoms with Crippen molar-refractivity contribution in [2.24, 2.45) is 0 Å². The molecule has 0 bridgehead atoms. The number of amides is 1. The molecule has 1 aromatic heterocycles. The molecule has 3 rings (SSSR count). The second-order valence-corrected chi connectivity index (χ2v) is 8.76. The van der Waals surface area contributed by atoms with E-state index in [1.54, 1.807) is 11.8 Å². The summed E-state index contributed by atoms with van der Waals surface area (Å²) in [5.74, 6) is 3.91. The van der Waals surface area contributed by atoms with Crippen molar-refractivity contribution in [1.29, 1.82) is 0 Å². The summed E-state index contributed by atoms with van der Waals surface area (Å²) in [6, 6.07) is 9.78. The van der Waals surface area contributed by atoms with Gasteiger partial charge in [0.15, 0.2) is 0 Å². The van der Waals surface area contributed by atoms with Gasteiger partial charge in [-0.2, -0.15) is 0 Å². The second kappa shape index (κ2) is 14.2. The number of benzene rings is 1. The summed E-state index contributed by atoms with van der Waals surface area (Å²) in [6.45, 7) is 7.61. The van der Waals surface area contributed by atoms with Gasteiger partial charge in [-0.15, -0.1) is 11.8 Å². The van der Waals surface area contributed by atoms with Crippen molar-refractivity contribution in [3.63, 3.8) is 0 Å². The van der Waals surface area contributed by atoms with E-state index in [1.165, 1.54) is 0 Å². The summed E-state index contributed by atoms with van der Waals surface area (Å²) >= 11 is 1.64. The first-order chi connectivity index (χ1) is 15.8. The highest BCUT2D eigenvalue weighted by Crippen LogP contribution is 2.27. The number of hydrogen-bond donors (Lipinski definition) is 0. The Morgan fingerprint density at radius 1 is 1.09 bits per heavy atom. The maximum absolute atomic E-state index is 12.6. The number of ether oxygens (including phenoxy) is 3. The zero-order valence-electron chi connectivity index (χ0n) is 19.0. The third kappa shape index (κ3) is 8.15. The third-order valence-corrected chi connectivity index (χ3v) is 6.38. The first kappa shape index (κ1) is 24.6. The van der Waals surface area contributed by atoms with Crippen LogP contribution in [0.3, 0.4) is 0 Å². The quantitative estimate of drug-likeness (QED) is 0.402. The predicted molar refractivity (Wildman–Crippen MR) is 127 cm³/mol. The number of piperidine rings is 1. The third-order valence-electron chi connectivity index (χ3n) is 5.48. The number of carbonyl (C=O) groups excluding carboxylic acids is 1. The Bertz CT molecular complexity index is 779. The molecule has 1 aromatic carbocycles. The highest BCUT2D eigenvalue weighted by molar-refractivity contribution is 7.99. The first-order valence-corrected chi connectivity index (χ1v) is 12.6. The Morgan fingerprint density at radius 3 is 2.66 bits per heavy atom. The Hall–Kier alpha value is -2.03. The van der Waals surface area contributed by atoms with E-state index in [0.717, 1.165) is 56.4 Å². The molecule has 2 aromatic rings. The van der Waals surface area contributed by atoms with Crippen molar-refractivity contribution >= 4 is 17.7 Å². The van der Waals surface area contributed by atoms with E-state index in [-0.39, 0.29) is 5.91 Å². The smallest absolute Gasteiger partial charge is 0.232 e. The molecule has 1 amide bonds. The molecular formula is C24H35N3O4S. The van der Waals surface area contributed by atoms with Gasteiger partial charge in [0.1, 0.15) is 11.6 Å². The molecule has 176 valence electrons. The highest BCUT2D eigenvalue weighted by Gasteiger charge is 2.26. The molecule has 0 aliphatic carbocycles. The number of imidazole rings is 1. The Morgan fingerprint density at radius 2 is 1.88 bits per heavy atom. The van der Waals surface area contributed by atoms with E-state index in [9.17, 15) is 4.79 Å². The fourth-order valence-corrected chi connectivity index (χ4v) is 4.47. The molecule has 7 nitrogen and oxygen atoms in total. The molecule has 0 atom stereocenters. The molecule has 1 fully saturated rings. The largest absolute Gasteiger partial charge is 0.493 e. The van der Waals surface area contributed by atoms with Crippen LogP contribution in [0.5, 0.6) is 5.75 Å². The number of para-hydroxylation sites is 1. The van der Waals surface area contributed by atoms with Gasteiger partial charge in [-0.05, 0) is 31.9 Å². The van der Waals surface area contributed by atoms with E-state index in [4.69, 9.17) is 14.2 Å². The van der Waals surface area contributed by atoms with Gasteiger partial charge in [0, 0.05) is 50.3 Å². The number of aromatic nitrogens is 2. The van der Waals surface area contributed by atoms with Gasteiger partial charge in [0.2, 0.25) is 5.91 Å². The zero-order chi connectivity index (χ0) is 22.4. The van der Waals surface area contributed by atoms with Crippen LogP contribution in [-0.2, 0) is 20.8 Å². The number of likely N-dealkylation sites (tertiary alicyclic amines) is 1. The summed E-state index contributed by atoms with van der Waals surface area (Å²) < 4.78 is 18.8. The van der Waals surface area contributed by atoms with Crippen LogP contribution < -0.4 is 4.74 Å². The van der Waals surface area contributed by atoms with Crippen molar-refractivity contribution < 1.29 is 19.0 Å². The summed E-state index contributed by atoms with van der Waals surface area (Å²) in [5, 5.41) is 0. The lowest BCUT2D eigenvalue weighted by atomic mass is 9.96. The fraction of sp³-hybridized carbons (Fsp3) is 0.583. The van der Waals surface area contributed by atoms with Gasteiger partial charge >= 0.3 is 0 Å². The minimum atomic E-state index is 0.221. The van der Waals surface area contributed by atoms with Crippen LogP contribution in [0.15, 0.2) is 42.7 Å². The van der Waals surface area contributed by atoms with Crippen molar-refractivity contribution in [2.45, 2.75) is 32.2 Å². The lowest BCUT2D eigenvalue weighted by Crippen LogP contribution is -2.39. The van der Waals surface area contributed by atoms with Crippen molar-refractivity contribution in [3.05, 3.63) is 48.5 Å². The maximum Gasteiger partial charge on any atom is 0.232 e. The summed E-state index contributed by atoms with van der Waals surface area (Å²) in [6.07, 6.45) is 5.79. The Balaban J connectivity index is 1.31. The first-order valence-electron chi connectivity index (χ1n) is 11.5. The van der Waals surface area contributed by atoms with Crippen LogP contribution in [0.25, 0.3) is 0 Å². The van der Waals surface area contributed by atoms with Gasteiger partial charge in [-0.25, -0.2) is 4.98 Å². The molecule has 32 heavy (non-hydrogen) atoms. The number of thioether (sulfide) groups is 1. The molecule has 1 aliphatic heterocycles. The van der Waals surface area contributed by atoms with Gasteiger partial charge < -0.3 is 23.7 Å². The molecular weight excluding hydrogens is 426 g/mol. The SMILES string of the molecule is CCOCCOCCn1ccnc1C1CCN(C(=O)CSCCOc2ccccc2)CC1. The van der Waals surface area contributed by atoms with Crippen molar-refractivity contribution in [3.8, 4) is 5.75 Å². The van der Waals surface area contributed by atoms with Crippen molar-refractivity contribution in [2.75, 3.05) is 57.6 Å². The molecule has 0 unspecified atom stereocenters. The molecule has 1 aliphatic rings. The number of rotatable bonds is 14. The lowest BCUT2D eigenvalue weighted by molar-refractivity contribution is -0.129. The van der Waals surface area contributed by atoms with Crippen LogP contribution in [0.4, 0.5) is 0 Å². The van der Waals surface area contributed by atoms with Crippen LogP contribution in [0.2, 0.25) is 0 Å². The predicted octanol–water partition coefficient (Wildman–Crippen LogP) is 3.45. The Labute approximate surface area is 195 Å². The number of hydrogen-bond acceptors (Lipinski definition) is 6. The van der Waals surface area contributed by atoms with E-state index < -0.39 is 0 Å². The minimum Gasteiger partial charge on any atom is -0.493 e. The average Bonchev–Trinajstić information content (AvgIpc) is 3.30. The second-order valence-electron chi connectivity index (χ2n) is 7.66. The van der Waals surface area contributed by atoms with Gasteiger partial charge in [0.05, 0.1) is 32.2 Å². The average molecular weight is 462 g/mol. The standard InChI is InChI=1S/C24H35N3O4S/c1-2-29-16-17-30-15-14-27-13-10-25-24(27)21-8-11-26(12-9-21)23(28)20-32-19-18-31-22-6-4-3-5-7-22/h3-7,10,13,21H,2,8-9,11-12,14-20H2,1H3. The summed E-state index contributed by atoms with van der Waals surface area (Å²) in [4.78, 5) is 19.1. The van der Waals surface area contributed by atoms with E-state index in [2.05, 4.69) is 9.55 Å². The molecule has 1 saturated heterocycles. The minimum absolute atomic E-state index is 0.221. The highest BCUT2D eigenvalue weighted by atomic mass is 32.2. The van der Waals surface area contributed by atoms with Crippen LogP contribution >= 0.6 is 11.8 Å².